The average molecular weight is 324 g/mol. The van der Waals surface area contributed by atoms with Crippen molar-refractivity contribution in [3.63, 3.8) is 0 Å². The van der Waals surface area contributed by atoms with Crippen molar-refractivity contribution in [2.24, 2.45) is 0 Å². The van der Waals surface area contributed by atoms with E-state index in [-0.39, 0.29) is 25.2 Å². The predicted octanol–water partition coefficient (Wildman–Crippen LogP) is 2.87. The first-order valence-corrected chi connectivity index (χ1v) is 8.00. The number of carbonyl (C=O) groups is 2. The fourth-order valence-corrected chi connectivity index (χ4v) is 2.95. The molecule has 24 heavy (non-hydrogen) atoms. The summed E-state index contributed by atoms with van der Waals surface area (Å²) in [5, 5.41) is 2.93. The zero-order chi connectivity index (χ0) is 17.1. The van der Waals surface area contributed by atoms with Gasteiger partial charge < -0.3 is 10.1 Å². The maximum Gasteiger partial charge on any atom is 0.326 e. The zero-order valence-electron chi connectivity index (χ0n) is 13.8. The Hall–Kier alpha value is -2.82. The third-order valence-electron chi connectivity index (χ3n) is 3.98. The highest BCUT2D eigenvalue weighted by atomic mass is 16.5. The van der Waals surface area contributed by atoms with E-state index in [2.05, 4.69) is 5.32 Å². The lowest BCUT2D eigenvalue weighted by atomic mass is 9.91. The maximum absolute atomic E-state index is 12.6. The van der Waals surface area contributed by atoms with Crippen LogP contribution in [-0.2, 0) is 9.53 Å². The van der Waals surface area contributed by atoms with Crippen LogP contribution in [0.3, 0.4) is 0 Å². The summed E-state index contributed by atoms with van der Waals surface area (Å²) in [6.45, 7) is 3.93. The third kappa shape index (κ3) is 3.11. The lowest BCUT2D eigenvalue weighted by Crippen LogP contribution is -2.51. The van der Waals surface area contributed by atoms with Gasteiger partial charge in [-0.1, -0.05) is 54.1 Å². The topological polar surface area (TPSA) is 58.6 Å². The summed E-state index contributed by atoms with van der Waals surface area (Å²) in [7, 11) is 0. The SMILES string of the molecule is CCOC(=O)CN1C(=O)N[C@@H]2C=CC(C)=CC2=C1c1ccccc1. The number of nitrogens with zero attached hydrogens (tertiary/aromatic N) is 1. The Labute approximate surface area is 141 Å². The van der Waals surface area contributed by atoms with E-state index < -0.39 is 5.97 Å². The molecule has 0 saturated carbocycles. The largest absolute Gasteiger partial charge is 0.465 e. The summed E-state index contributed by atoms with van der Waals surface area (Å²) < 4.78 is 5.02. The van der Waals surface area contributed by atoms with Crippen LogP contribution in [0.1, 0.15) is 19.4 Å². The average Bonchev–Trinajstić information content (AvgIpc) is 2.57. The first-order valence-electron chi connectivity index (χ1n) is 8.00. The summed E-state index contributed by atoms with van der Waals surface area (Å²) in [6.07, 6.45) is 6.00. The molecular formula is C19H20N2O3. The molecule has 2 aliphatic rings. The van der Waals surface area contributed by atoms with E-state index in [4.69, 9.17) is 4.74 Å². The Bertz CT molecular complexity index is 747. The van der Waals surface area contributed by atoms with E-state index in [1.54, 1.807) is 6.92 Å². The molecule has 1 aromatic carbocycles. The first-order chi connectivity index (χ1) is 11.6. The number of amides is 2. The Kier molecular flexibility index (Phi) is 4.51. The third-order valence-corrected chi connectivity index (χ3v) is 3.98. The summed E-state index contributed by atoms with van der Waals surface area (Å²) in [4.78, 5) is 26.0. The number of ether oxygens (including phenoxy) is 1. The van der Waals surface area contributed by atoms with Crippen LogP contribution in [0, 0.1) is 0 Å². The van der Waals surface area contributed by atoms with Crippen molar-refractivity contribution >= 4 is 17.7 Å². The molecule has 124 valence electrons. The first kappa shape index (κ1) is 16.1. The maximum atomic E-state index is 12.6. The molecule has 0 bridgehead atoms. The number of fused-ring (bicyclic) bond motifs is 1. The van der Waals surface area contributed by atoms with Crippen molar-refractivity contribution in [1.29, 1.82) is 0 Å². The molecule has 1 aliphatic heterocycles. The minimum atomic E-state index is -0.424. The monoisotopic (exact) mass is 324 g/mol. The molecule has 1 aromatic rings. The zero-order valence-corrected chi connectivity index (χ0v) is 13.8. The van der Waals surface area contributed by atoms with Gasteiger partial charge in [0.2, 0.25) is 0 Å². The van der Waals surface area contributed by atoms with Crippen molar-refractivity contribution in [3.8, 4) is 0 Å². The number of allylic oxidation sites excluding steroid dienone is 2. The van der Waals surface area contributed by atoms with Crippen LogP contribution in [-0.4, -0.2) is 36.1 Å². The van der Waals surface area contributed by atoms with Crippen molar-refractivity contribution < 1.29 is 14.3 Å². The molecule has 3 rings (SSSR count). The minimum Gasteiger partial charge on any atom is -0.465 e. The van der Waals surface area contributed by atoms with Crippen LogP contribution in [0.4, 0.5) is 4.79 Å². The number of esters is 1. The van der Waals surface area contributed by atoms with Gasteiger partial charge in [0.05, 0.1) is 18.3 Å². The van der Waals surface area contributed by atoms with E-state index in [0.29, 0.717) is 0 Å². The van der Waals surface area contributed by atoms with Gasteiger partial charge >= 0.3 is 12.0 Å². The van der Waals surface area contributed by atoms with E-state index >= 15 is 0 Å². The van der Waals surface area contributed by atoms with Gasteiger partial charge in [-0.3, -0.25) is 9.69 Å². The van der Waals surface area contributed by atoms with Gasteiger partial charge in [-0.2, -0.15) is 0 Å². The molecule has 1 N–H and O–H groups in total. The fourth-order valence-electron chi connectivity index (χ4n) is 2.95. The van der Waals surface area contributed by atoms with Crippen LogP contribution in [0.15, 0.2) is 59.7 Å². The summed E-state index contributed by atoms with van der Waals surface area (Å²) in [5.41, 5.74) is 3.73. The van der Waals surface area contributed by atoms with Crippen molar-refractivity contribution in [3.05, 3.63) is 65.3 Å². The van der Waals surface area contributed by atoms with Gasteiger partial charge in [-0.15, -0.1) is 0 Å². The van der Waals surface area contributed by atoms with Gasteiger partial charge in [0, 0.05) is 5.57 Å². The number of nitrogens with one attached hydrogen (secondary N) is 1. The van der Waals surface area contributed by atoms with Gasteiger partial charge in [0.25, 0.3) is 0 Å². The molecule has 5 heteroatoms. The quantitative estimate of drug-likeness (QED) is 0.867. The van der Waals surface area contributed by atoms with E-state index in [0.717, 1.165) is 22.4 Å². The second-order valence-corrected chi connectivity index (χ2v) is 5.74. The van der Waals surface area contributed by atoms with Crippen LogP contribution in [0.5, 0.6) is 0 Å². The Morgan fingerprint density at radius 1 is 1.29 bits per heavy atom. The molecule has 0 spiro atoms. The second-order valence-electron chi connectivity index (χ2n) is 5.74. The van der Waals surface area contributed by atoms with Crippen LogP contribution >= 0.6 is 0 Å². The second kappa shape index (κ2) is 6.74. The molecule has 0 saturated heterocycles. The van der Waals surface area contributed by atoms with Gasteiger partial charge in [0.15, 0.2) is 0 Å². The highest BCUT2D eigenvalue weighted by Gasteiger charge is 2.34. The van der Waals surface area contributed by atoms with Gasteiger partial charge in [-0.25, -0.2) is 4.79 Å². The fraction of sp³-hybridized carbons (Fsp3) is 0.263. The molecule has 0 radical (unpaired) electrons. The highest BCUT2D eigenvalue weighted by Crippen LogP contribution is 2.32. The van der Waals surface area contributed by atoms with Crippen molar-refractivity contribution in [1.82, 2.24) is 10.2 Å². The molecule has 1 atom stereocenters. The molecular weight excluding hydrogens is 304 g/mol. The van der Waals surface area contributed by atoms with E-state index in [9.17, 15) is 9.59 Å². The summed E-state index contributed by atoms with van der Waals surface area (Å²) in [5.74, 6) is -0.424. The molecule has 0 aromatic heterocycles. The number of benzene rings is 1. The Morgan fingerprint density at radius 2 is 2.04 bits per heavy atom. The highest BCUT2D eigenvalue weighted by molar-refractivity contribution is 5.94. The smallest absolute Gasteiger partial charge is 0.326 e. The molecule has 0 unspecified atom stereocenters. The Morgan fingerprint density at radius 3 is 2.75 bits per heavy atom. The molecule has 1 heterocycles. The van der Waals surface area contributed by atoms with Gasteiger partial charge in [-0.05, 0) is 19.4 Å². The number of urea groups is 1. The Balaban J connectivity index is 2.09. The van der Waals surface area contributed by atoms with E-state index in [1.165, 1.54) is 4.90 Å². The number of hydrogen-bond acceptors (Lipinski definition) is 3. The molecule has 1 aliphatic carbocycles. The number of hydrogen-bond donors (Lipinski definition) is 1. The van der Waals surface area contributed by atoms with Crippen LogP contribution in [0.25, 0.3) is 5.70 Å². The molecule has 2 amide bonds. The minimum absolute atomic E-state index is 0.114. The number of carbonyl (C=O) groups excluding carboxylic acids is 2. The van der Waals surface area contributed by atoms with E-state index in [1.807, 2.05) is 55.5 Å². The summed E-state index contributed by atoms with van der Waals surface area (Å²) >= 11 is 0. The van der Waals surface area contributed by atoms with Crippen molar-refractivity contribution in [2.75, 3.05) is 13.2 Å². The van der Waals surface area contributed by atoms with Crippen LogP contribution in [0.2, 0.25) is 0 Å². The van der Waals surface area contributed by atoms with Gasteiger partial charge in [0.1, 0.15) is 6.54 Å². The molecule has 0 fully saturated rings. The lowest BCUT2D eigenvalue weighted by molar-refractivity contribution is -0.143. The van der Waals surface area contributed by atoms with Crippen LogP contribution < -0.4 is 5.32 Å². The number of rotatable bonds is 4. The lowest BCUT2D eigenvalue weighted by Gasteiger charge is -2.36. The van der Waals surface area contributed by atoms with Crippen molar-refractivity contribution in [2.45, 2.75) is 19.9 Å². The predicted molar refractivity (Wildman–Crippen MR) is 91.9 cm³/mol. The standard InChI is InChI=1S/C19H20N2O3/c1-3-24-17(22)12-21-18(14-7-5-4-6-8-14)15-11-13(2)9-10-16(15)20-19(21)23/h4-11,16H,3,12H2,1-2H3,(H,20,23)/t16-/m1/s1. The summed E-state index contributed by atoms with van der Waals surface area (Å²) in [6, 6.07) is 9.16. The normalized spacial score (nSPS) is 19.6. The molecule has 5 nitrogen and oxygen atoms in total.